The zero-order valence-corrected chi connectivity index (χ0v) is 18.2. The van der Waals surface area contributed by atoms with Crippen LogP contribution in [0.25, 0.3) is 5.82 Å². The molecule has 0 radical (unpaired) electrons. The van der Waals surface area contributed by atoms with E-state index in [1.54, 1.807) is 36.7 Å². The highest BCUT2D eigenvalue weighted by molar-refractivity contribution is 7.08. The molecule has 0 aliphatic carbocycles. The summed E-state index contributed by atoms with van der Waals surface area (Å²) in [5.41, 5.74) is 3.33. The van der Waals surface area contributed by atoms with Crippen LogP contribution in [-0.4, -0.2) is 35.0 Å². The number of hydrogen-bond acceptors (Lipinski definition) is 8. The van der Waals surface area contributed by atoms with Gasteiger partial charge in [-0.25, -0.2) is 15.0 Å². The van der Waals surface area contributed by atoms with Gasteiger partial charge >= 0.3 is 0 Å². The van der Waals surface area contributed by atoms with Gasteiger partial charge in [-0.2, -0.15) is 0 Å². The minimum Gasteiger partial charge on any atom is -0.439 e. The summed E-state index contributed by atoms with van der Waals surface area (Å²) in [6.45, 7) is 5.96. The third kappa shape index (κ3) is 4.58. The fourth-order valence-electron chi connectivity index (χ4n) is 2.94. The van der Waals surface area contributed by atoms with Gasteiger partial charge in [-0.15, -0.1) is 5.10 Å². The highest BCUT2D eigenvalue weighted by atomic mass is 32.1. The fraction of sp³-hybridized carbons (Fsp3) is 0.238. The van der Waals surface area contributed by atoms with Gasteiger partial charge in [0.2, 0.25) is 5.88 Å². The lowest BCUT2D eigenvalue weighted by atomic mass is 10.2. The molecule has 0 atom stereocenters. The van der Waals surface area contributed by atoms with Crippen molar-refractivity contribution in [3.05, 3.63) is 64.9 Å². The van der Waals surface area contributed by atoms with Crippen molar-refractivity contribution in [1.82, 2.24) is 29.1 Å². The van der Waals surface area contributed by atoms with Gasteiger partial charge < -0.3 is 10.1 Å². The molecule has 3 heterocycles. The second kappa shape index (κ2) is 9.00. The van der Waals surface area contributed by atoms with Crippen molar-refractivity contribution in [2.24, 2.45) is 0 Å². The molecule has 0 saturated carbocycles. The van der Waals surface area contributed by atoms with E-state index in [2.05, 4.69) is 29.9 Å². The third-order valence-corrected chi connectivity index (χ3v) is 5.48. The number of aryl methyl sites for hydroxylation is 2. The molecule has 1 N–H and O–H groups in total. The summed E-state index contributed by atoms with van der Waals surface area (Å²) in [4.78, 5) is 25.8. The minimum absolute atomic E-state index is 0.210. The van der Waals surface area contributed by atoms with Crippen molar-refractivity contribution in [2.75, 3.05) is 5.32 Å². The number of anilines is 1. The highest BCUT2D eigenvalue weighted by Gasteiger charge is 2.16. The molecule has 1 amide bonds. The van der Waals surface area contributed by atoms with Crippen molar-refractivity contribution < 1.29 is 9.53 Å². The molecule has 0 spiro atoms. The summed E-state index contributed by atoms with van der Waals surface area (Å²) >= 11 is 1.11. The van der Waals surface area contributed by atoms with E-state index in [4.69, 9.17) is 4.74 Å². The first-order chi connectivity index (χ1) is 15.0. The molecule has 3 aromatic heterocycles. The predicted octanol–water partition coefficient (Wildman–Crippen LogP) is 4.13. The van der Waals surface area contributed by atoms with Gasteiger partial charge in [-0.1, -0.05) is 17.8 Å². The highest BCUT2D eigenvalue weighted by Crippen LogP contribution is 2.24. The molecule has 1 aromatic carbocycles. The van der Waals surface area contributed by atoms with Crippen molar-refractivity contribution in [3.8, 4) is 17.4 Å². The van der Waals surface area contributed by atoms with Crippen LogP contribution in [0.5, 0.6) is 11.6 Å². The van der Waals surface area contributed by atoms with Gasteiger partial charge in [-0.3, -0.25) is 9.36 Å². The van der Waals surface area contributed by atoms with Crippen LogP contribution in [0.2, 0.25) is 0 Å². The van der Waals surface area contributed by atoms with Gasteiger partial charge in [0.25, 0.3) is 5.91 Å². The second-order valence-corrected chi connectivity index (χ2v) is 7.63. The predicted molar refractivity (Wildman–Crippen MR) is 117 cm³/mol. The number of nitrogens with zero attached hydrogens (tertiary/aromatic N) is 6. The van der Waals surface area contributed by atoms with Crippen molar-refractivity contribution in [2.45, 2.75) is 33.6 Å². The molecule has 0 aliphatic rings. The Balaban J connectivity index is 1.44. The Morgan fingerprint density at radius 1 is 1.16 bits per heavy atom. The Labute approximate surface area is 183 Å². The number of carbonyl (C=O) groups is 1. The van der Waals surface area contributed by atoms with Crippen LogP contribution in [-0.2, 0) is 6.42 Å². The fourth-order valence-corrected chi connectivity index (χ4v) is 3.55. The molecule has 0 bridgehead atoms. The lowest BCUT2D eigenvalue weighted by Gasteiger charge is -2.09. The molecule has 9 nitrogen and oxygen atoms in total. The second-order valence-electron chi connectivity index (χ2n) is 6.88. The number of benzene rings is 1. The molecule has 10 heteroatoms. The van der Waals surface area contributed by atoms with Gasteiger partial charge in [0.1, 0.15) is 29.1 Å². The van der Waals surface area contributed by atoms with E-state index in [1.807, 2.05) is 25.3 Å². The SMILES string of the molecule is CCCc1nnsc1C(=O)Nc1ccc(Oc2cc(-n3cnc(C)c3C)ncn2)cc1. The monoisotopic (exact) mass is 435 g/mol. The number of amides is 1. The maximum atomic E-state index is 12.5. The van der Waals surface area contributed by atoms with E-state index >= 15 is 0 Å². The Hall–Kier alpha value is -3.66. The van der Waals surface area contributed by atoms with E-state index < -0.39 is 0 Å². The summed E-state index contributed by atoms with van der Waals surface area (Å²) in [6, 6.07) is 8.82. The van der Waals surface area contributed by atoms with Crippen LogP contribution in [0.1, 0.15) is 40.1 Å². The molecule has 0 aliphatic heterocycles. The van der Waals surface area contributed by atoms with Crippen LogP contribution < -0.4 is 10.1 Å². The number of ether oxygens (including phenoxy) is 1. The van der Waals surface area contributed by atoms with Crippen LogP contribution >= 0.6 is 11.5 Å². The average molecular weight is 436 g/mol. The molecule has 0 saturated heterocycles. The Kier molecular flexibility index (Phi) is 5.99. The van der Waals surface area contributed by atoms with Crippen LogP contribution in [0.15, 0.2) is 43.0 Å². The van der Waals surface area contributed by atoms with E-state index in [0.29, 0.717) is 28.0 Å². The van der Waals surface area contributed by atoms with E-state index in [1.165, 1.54) is 6.33 Å². The quantitative estimate of drug-likeness (QED) is 0.465. The first-order valence-corrected chi connectivity index (χ1v) is 10.6. The number of rotatable bonds is 7. The van der Waals surface area contributed by atoms with Gasteiger partial charge in [0.05, 0.1) is 11.4 Å². The van der Waals surface area contributed by atoms with Gasteiger partial charge in [0.15, 0.2) is 0 Å². The van der Waals surface area contributed by atoms with E-state index in [0.717, 1.165) is 41.5 Å². The molecule has 0 fully saturated rings. The summed E-state index contributed by atoms with van der Waals surface area (Å²) < 4.78 is 11.6. The lowest BCUT2D eigenvalue weighted by Crippen LogP contribution is -2.12. The number of hydrogen-bond donors (Lipinski definition) is 1. The van der Waals surface area contributed by atoms with Crippen molar-refractivity contribution in [1.29, 1.82) is 0 Å². The minimum atomic E-state index is -0.210. The third-order valence-electron chi connectivity index (χ3n) is 4.71. The first kappa shape index (κ1) is 20.6. The van der Waals surface area contributed by atoms with E-state index in [-0.39, 0.29) is 5.91 Å². The Morgan fingerprint density at radius 2 is 1.97 bits per heavy atom. The van der Waals surface area contributed by atoms with Crippen molar-refractivity contribution in [3.63, 3.8) is 0 Å². The summed E-state index contributed by atoms with van der Waals surface area (Å²) in [7, 11) is 0. The van der Waals surface area contributed by atoms with Gasteiger partial charge in [0, 0.05) is 17.4 Å². The smallest absolute Gasteiger partial charge is 0.269 e. The van der Waals surface area contributed by atoms with Crippen molar-refractivity contribution >= 4 is 23.1 Å². The normalized spacial score (nSPS) is 10.8. The molecular weight excluding hydrogens is 414 g/mol. The maximum absolute atomic E-state index is 12.5. The van der Waals surface area contributed by atoms with E-state index in [9.17, 15) is 4.79 Å². The van der Waals surface area contributed by atoms with Crippen LogP contribution in [0.3, 0.4) is 0 Å². The maximum Gasteiger partial charge on any atom is 0.269 e. The summed E-state index contributed by atoms with van der Waals surface area (Å²) in [5.74, 6) is 1.46. The molecule has 31 heavy (non-hydrogen) atoms. The Morgan fingerprint density at radius 3 is 2.68 bits per heavy atom. The first-order valence-electron chi connectivity index (χ1n) is 9.78. The van der Waals surface area contributed by atoms with Crippen LogP contribution in [0.4, 0.5) is 5.69 Å². The average Bonchev–Trinajstić information content (AvgIpc) is 3.37. The number of aromatic nitrogens is 6. The zero-order chi connectivity index (χ0) is 21.8. The molecule has 4 aromatic rings. The van der Waals surface area contributed by atoms with Gasteiger partial charge in [-0.05, 0) is 56.1 Å². The number of carbonyl (C=O) groups excluding carboxylic acids is 1. The standard InChI is InChI=1S/C21H21N7O2S/c1-4-5-17-20(31-27-26-17)21(29)25-15-6-8-16(9-7-15)30-19-10-18(22-11-23-19)28-12-24-13(2)14(28)3/h6-12H,4-5H2,1-3H3,(H,25,29). The summed E-state index contributed by atoms with van der Waals surface area (Å²) in [5, 5.41) is 6.91. The molecule has 0 unspecified atom stereocenters. The number of imidazole rings is 1. The molecular formula is C21H21N7O2S. The number of nitrogens with one attached hydrogen (secondary N) is 1. The topological polar surface area (TPSA) is 108 Å². The van der Waals surface area contributed by atoms with Crippen LogP contribution in [0, 0.1) is 13.8 Å². The zero-order valence-electron chi connectivity index (χ0n) is 17.4. The largest absolute Gasteiger partial charge is 0.439 e. The lowest BCUT2D eigenvalue weighted by molar-refractivity contribution is 0.102. The molecule has 158 valence electrons. The summed E-state index contributed by atoms with van der Waals surface area (Å²) in [6.07, 6.45) is 4.80. The Bertz CT molecular complexity index is 1200. The molecule has 4 rings (SSSR count).